The number of aliphatic hydroxyl groups is 1. The van der Waals surface area contributed by atoms with Crippen LogP contribution in [0.1, 0.15) is 38.6 Å². The van der Waals surface area contributed by atoms with Gasteiger partial charge in [0.1, 0.15) is 0 Å². The van der Waals surface area contributed by atoms with E-state index in [2.05, 4.69) is 37.3 Å². The van der Waals surface area contributed by atoms with E-state index in [1.165, 1.54) is 5.69 Å². The minimum atomic E-state index is -0.0362. The van der Waals surface area contributed by atoms with Gasteiger partial charge < -0.3 is 10.4 Å². The van der Waals surface area contributed by atoms with Gasteiger partial charge in [-0.05, 0) is 40.2 Å². The smallest absolute Gasteiger partial charge is 0.0597 e. The van der Waals surface area contributed by atoms with Crippen molar-refractivity contribution in [1.29, 1.82) is 0 Å². The summed E-state index contributed by atoms with van der Waals surface area (Å²) in [6.45, 7) is 10.2. The molecule has 1 rings (SSSR count). The van der Waals surface area contributed by atoms with Crippen molar-refractivity contribution in [3.8, 4) is 0 Å². The summed E-state index contributed by atoms with van der Waals surface area (Å²) in [5, 5.41) is 16.8. The molecule has 0 aliphatic heterocycles. The first kappa shape index (κ1) is 13.2. The number of aryl methyl sites for hydroxylation is 2. The topological polar surface area (TPSA) is 50.1 Å². The molecule has 0 fully saturated rings. The van der Waals surface area contributed by atoms with Gasteiger partial charge in [0.05, 0.1) is 11.4 Å². The number of rotatable bonds is 6. The van der Waals surface area contributed by atoms with Crippen LogP contribution in [0.4, 0.5) is 0 Å². The predicted molar refractivity (Wildman–Crippen MR) is 65.3 cm³/mol. The summed E-state index contributed by atoms with van der Waals surface area (Å²) in [6, 6.07) is 2.10. The Labute approximate surface area is 97.7 Å². The summed E-state index contributed by atoms with van der Waals surface area (Å²) in [5.41, 5.74) is 2.22. The van der Waals surface area contributed by atoms with Gasteiger partial charge in [0, 0.05) is 25.2 Å². The molecule has 0 radical (unpaired) electrons. The number of nitrogens with zero attached hydrogens (tertiary/aromatic N) is 2. The van der Waals surface area contributed by atoms with E-state index in [0.717, 1.165) is 25.2 Å². The lowest BCUT2D eigenvalue weighted by atomic mass is 10.0. The summed E-state index contributed by atoms with van der Waals surface area (Å²) in [6.07, 6.45) is 0.756. The molecule has 1 heterocycles. The fraction of sp³-hybridized carbons (Fsp3) is 0.750. The van der Waals surface area contributed by atoms with Crippen LogP contribution in [0.3, 0.4) is 0 Å². The molecule has 0 spiro atoms. The van der Waals surface area contributed by atoms with Gasteiger partial charge in [0.25, 0.3) is 0 Å². The Hall–Kier alpha value is -0.870. The monoisotopic (exact) mass is 225 g/mol. The van der Waals surface area contributed by atoms with Crippen molar-refractivity contribution in [3.63, 3.8) is 0 Å². The molecule has 0 bridgehead atoms. The van der Waals surface area contributed by atoms with E-state index in [1.807, 2.05) is 11.6 Å². The van der Waals surface area contributed by atoms with Crippen molar-refractivity contribution in [3.05, 3.63) is 17.5 Å². The van der Waals surface area contributed by atoms with E-state index in [0.29, 0.717) is 0 Å². The zero-order chi connectivity index (χ0) is 12.2. The number of nitrogens with one attached hydrogen (secondary N) is 1. The number of aromatic nitrogens is 2. The maximum atomic E-state index is 8.95. The highest BCUT2D eigenvalue weighted by Crippen LogP contribution is 2.10. The first-order valence-corrected chi connectivity index (χ1v) is 5.87. The molecule has 0 saturated carbocycles. The first-order valence-electron chi connectivity index (χ1n) is 5.87. The molecule has 0 aromatic carbocycles. The third-order valence-corrected chi connectivity index (χ3v) is 2.77. The molecular weight excluding hydrogens is 202 g/mol. The maximum Gasteiger partial charge on any atom is 0.0597 e. The molecule has 16 heavy (non-hydrogen) atoms. The highest BCUT2D eigenvalue weighted by Gasteiger charge is 2.16. The Bertz CT molecular complexity index is 331. The Morgan fingerprint density at radius 2 is 2.19 bits per heavy atom. The van der Waals surface area contributed by atoms with Crippen LogP contribution in [0.5, 0.6) is 0 Å². The third-order valence-electron chi connectivity index (χ3n) is 2.77. The Morgan fingerprint density at radius 1 is 1.50 bits per heavy atom. The van der Waals surface area contributed by atoms with Gasteiger partial charge in [-0.3, -0.25) is 4.68 Å². The van der Waals surface area contributed by atoms with E-state index in [1.54, 1.807) is 0 Å². The Morgan fingerprint density at radius 3 is 2.75 bits per heavy atom. The molecule has 1 aromatic rings. The molecule has 4 nitrogen and oxygen atoms in total. The summed E-state index contributed by atoms with van der Waals surface area (Å²) >= 11 is 0. The van der Waals surface area contributed by atoms with Crippen LogP contribution < -0.4 is 5.32 Å². The maximum absolute atomic E-state index is 8.95. The second-order valence-electron chi connectivity index (χ2n) is 4.80. The molecule has 0 aliphatic rings. The number of aliphatic hydroxyl groups excluding tert-OH is 1. The molecule has 0 saturated heterocycles. The van der Waals surface area contributed by atoms with Crippen LogP contribution in [-0.4, -0.2) is 27.0 Å². The Balaban J connectivity index is 2.60. The van der Waals surface area contributed by atoms with E-state index < -0.39 is 0 Å². The van der Waals surface area contributed by atoms with Crippen LogP contribution in [0.2, 0.25) is 0 Å². The predicted octanol–water partition coefficient (Wildman–Crippen LogP) is 1.46. The molecule has 2 N–H and O–H groups in total. The van der Waals surface area contributed by atoms with Crippen molar-refractivity contribution in [2.75, 3.05) is 6.61 Å². The van der Waals surface area contributed by atoms with Gasteiger partial charge in [0.2, 0.25) is 0 Å². The van der Waals surface area contributed by atoms with Crippen molar-refractivity contribution in [2.24, 2.45) is 0 Å². The summed E-state index contributed by atoms with van der Waals surface area (Å²) in [7, 11) is 0. The van der Waals surface area contributed by atoms with Gasteiger partial charge in [-0.2, -0.15) is 5.10 Å². The fourth-order valence-corrected chi connectivity index (χ4v) is 1.71. The van der Waals surface area contributed by atoms with Gasteiger partial charge in [-0.25, -0.2) is 0 Å². The van der Waals surface area contributed by atoms with E-state index in [9.17, 15) is 0 Å². The van der Waals surface area contributed by atoms with Crippen LogP contribution >= 0.6 is 0 Å². The van der Waals surface area contributed by atoms with Crippen LogP contribution in [0, 0.1) is 6.92 Å². The van der Waals surface area contributed by atoms with Crippen LogP contribution in [0.15, 0.2) is 6.07 Å². The zero-order valence-electron chi connectivity index (χ0n) is 10.7. The second kappa shape index (κ2) is 5.46. The van der Waals surface area contributed by atoms with Crippen LogP contribution in [0.25, 0.3) is 0 Å². The lowest BCUT2D eigenvalue weighted by Crippen LogP contribution is -2.39. The van der Waals surface area contributed by atoms with E-state index in [-0.39, 0.29) is 12.1 Å². The average Bonchev–Trinajstić information content (AvgIpc) is 2.56. The highest BCUT2D eigenvalue weighted by atomic mass is 16.3. The van der Waals surface area contributed by atoms with Gasteiger partial charge in [-0.1, -0.05) is 0 Å². The lowest BCUT2D eigenvalue weighted by molar-refractivity contribution is 0.229. The minimum absolute atomic E-state index is 0.0362. The van der Waals surface area contributed by atoms with Gasteiger partial charge >= 0.3 is 0 Å². The second-order valence-corrected chi connectivity index (χ2v) is 4.80. The standard InChI is InChI=1S/C12H23N3O/c1-5-15-11(8-10(2)14-15)9-13-12(3,4)6-7-16/h8,13,16H,5-7,9H2,1-4H3. The highest BCUT2D eigenvalue weighted by molar-refractivity contribution is 5.09. The molecule has 92 valence electrons. The van der Waals surface area contributed by atoms with Crippen LogP contribution in [-0.2, 0) is 13.1 Å². The molecular formula is C12H23N3O. The third kappa shape index (κ3) is 3.61. The van der Waals surface area contributed by atoms with E-state index >= 15 is 0 Å². The zero-order valence-corrected chi connectivity index (χ0v) is 10.7. The minimum Gasteiger partial charge on any atom is -0.396 e. The van der Waals surface area contributed by atoms with Crippen molar-refractivity contribution in [1.82, 2.24) is 15.1 Å². The van der Waals surface area contributed by atoms with E-state index in [4.69, 9.17) is 5.11 Å². The largest absolute Gasteiger partial charge is 0.396 e. The summed E-state index contributed by atoms with van der Waals surface area (Å²) < 4.78 is 2.01. The summed E-state index contributed by atoms with van der Waals surface area (Å²) in [4.78, 5) is 0. The first-order chi connectivity index (χ1) is 7.48. The lowest BCUT2D eigenvalue weighted by Gasteiger charge is -2.25. The molecule has 0 atom stereocenters. The number of hydrogen-bond donors (Lipinski definition) is 2. The molecule has 4 heteroatoms. The molecule has 0 aliphatic carbocycles. The fourth-order valence-electron chi connectivity index (χ4n) is 1.71. The average molecular weight is 225 g/mol. The van der Waals surface area contributed by atoms with Gasteiger partial charge in [-0.15, -0.1) is 0 Å². The van der Waals surface area contributed by atoms with Crippen molar-refractivity contribution >= 4 is 0 Å². The van der Waals surface area contributed by atoms with Gasteiger partial charge in [0.15, 0.2) is 0 Å². The van der Waals surface area contributed by atoms with Crippen molar-refractivity contribution in [2.45, 2.75) is 52.7 Å². The normalized spacial score (nSPS) is 12.1. The molecule has 0 amide bonds. The quantitative estimate of drug-likeness (QED) is 0.770. The number of hydrogen-bond acceptors (Lipinski definition) is 3. The summed E-state index contributed by atoms with van der Waals surface area (Å²) in [5.74, 6) is 0. The SMILES string of the molecule is CCn1nc(C)cc1CNC(C)(C)CCO. The van der Waals surface area contributed by atoms with Crippen molar-refractivity contribution < 1.29 is 5.11 Å². The molecule has 0 unspecified atom stereocenters. The Kier molecular flexibility index (Phi) is 4.50. The molecule has 1 aromatic heterocycles.